The zero-order chi connectivity index (χ0) is 28.3. The summed E-state index contributed by atoms with van der Waals surface area (Å²) in [7, 11) is 0. The molecule has 3 saturated heterocycles. The molecule has 4 heterocycles. The molecule has 3 fully saturated rings. The molecule has 3 aliphatic rings. The Hall–Kier alpha value is -3.73. The van der Waals surface area contributed by atoms with Gasteiger partial charge in [-0.1, -0.05) is 23.7 Å². The Morgan fingerprint density at radius 1 is 1.00 bits per heavy atom. The van der Waals surface area contributed by atoms with Crippen molar-refractivity contribution >= 4 is 68.9 Å². The number of thioether (sulfide) groups is 1. The molecule has 0 unspecified atom stereocenters. The number of nitrogens with one attached hydrogen (secondary N) is 1. The number of aliphatic imine (C=N–C) groups is 1. The summed E-state index contributed by atoms with van der Waals surface area (Å²) in [4.78, 5) is 53.7. The molecule has 210 valence electrons. The maximum Gasteiger partial charge on any atom is 0.264 e. The van der Waals surface area contributed by atoms with Gasteiger partial charge in [0.05, 0.1) is 27.7 Å². The van der Waals surface area contributed by atoms with Crippen molar-refractivity contribution in [1.82, 2.24) is 25.0 Å². The number of pyridine rings is 1. The average Bonchev–Trinajstić information content (AvgIpc) is 3.64. The lowest BCUT2D eigenvalue weighted by molar-refractivity contribution is -0.131. The first kappa shape index (κ1) is 27.4. The number of aromatic nitrogens is 1. The smallest absolute Gasteiger partial charge is 0.264 e. The third-order valence-corrected chi connectivity index (χ3v) is 8.70. The van der Waals surface area contributed by atoms with Crippen LogP contribution in [0.15, 0.2) is 64.6 Å². The fourth-order valence-electron chi connectivity index (χ4n) is 5.21. The van der Waals surface area contributed by atoms with Crippen molar-refractivity contribution in [3.8, 4) is 0 Å². The van der Waals surface area contributed by atoms with Crippen molar-refractivity contribution in [1.29, 1.82) is 0 Å². The second kappa shape index (κ2) is 12.0. The predicted octanol–water partition coefficient (Wildman–Crippen LogP) is 4.16. The van der Waals surface area contributed by atoms with Gasteiger partial charge in [0.2, 0.25) is 5.91 Å². The lowest BCUT2D eigenvalue weighted by atomic mass is 10.1. The van der Waals surface area contributed by atoms with Crippen molar-refractivity contribution in [3.63, 3.8) is 0 Å². The van der Waals surface area contributed by atoms with E-state index in [-0.39, 0.29) is 17.7 Å². The van der Waals surface area contributed by atoms with Crippen LogP contribution in [0.5, 0.6) is 0 Å². The standard InChI is InChI=1S/C30H29ClN6O3S/c31-23-7-6-22(29(40)37-14-12-35(13-15-37)19-27(38)36-10-1-2-11-36)18-25(23)33-30-34-28(39)26(41-30)17-20-5-8-24-21(16-20)4-3-9-32-24/h3-9,16-18H,1-2,10-15,19H2,(H,33,34,39)/b26-17-. The van der Waals surface area contributed by atoms with Gasteiger partial charge in [0, 0.05) is 56.4 Å². The Kier molecular flexibility index (Phi) is 8.04. The fraction of sp³-hybridized carbons (Fsp3) is 0.300. The topological polar surface area (TPSA) is 98.2 Å². The summed E-state index contributed by atoms with van der Waals surface area (Å²) in [5.74, 6) is -0.180. The highest BCUT2D eigenvalue weighted by Gasteiger charge is 2.27. The first-order valence-electron chi connectivity index (χ1n) is 13.7. The summed E-state index contributed by atoms with van der Waals surface area (Å²) in [6.07, 6.45) is 5.72. The highest BCUT2D eigenvalue weighted by Crippen LogP contribution is 2.32. The van der Waals surface area contributed by atoms with Crippen molar-refractivity contribution in [3.05, 3.63) is 75.8 Å². The van der Waals surface area contributed by atoms with E-state index in [0.29, 0.717) is 59.1 Å². The van der Waals surface area contributed by atoms with E-state index in [1.807, 2.05) is 41.3 Å². The number of piperazine rings is 1. The summed E-state index contributed by atoms with van der Waals surface area (Å²) in [5.41, 5.74) is 2.66. The first-order valence-corrected chi connectivity index (χ1v) is 14.9. The van der Waals surface area contributed by atoms with Crippen LogP contribution in [-0.2, 0) is 9.59 Å². The van der Waals surface area contributed by atoms with E-state index in [9.17, 15) is 14.4 Å². The normalized spacial score (nSPS) is 19.9. The van der Waals surface area contributed by atoms with Crippen LogP contribution in [0.2, 0.25) is 5.02 Å². The Labute approximate surface area is 247 Å². The number of hydrogen-bond donors (Lipinski definition) is 1. The highest BCUT2D eigenvalue weighted by atomic mass is 35.5. The van der Waals surface area contributed by atoms with Crippen molar-refractivity contribution in [2.24, 2.45) is 4.99 Å². The maximum absolute atomic E-state index is 13.3. The van der Waals surface area contributed by atoms with Gasteiger partial charge in [0.25, 0.3) is 11.8 Å². The maximum atomic E-state index is 13.3. The molecule has 9 nitrogen and oxygen atoms in total. The zero-order valence-corrected chi connectivity index (χ0v) is 24.0. The van der Waals surface area contributed by atoms with E-state index in [1.54, 1.807) is 29.3 Å². The summed E-state index contributed by atoms with van der Waals surface area (Å²) < 4.78 is 0. The van der Waals surface area contributed by atoms with Gasteiger partial charge in [-0.25, -0.2) is 4.99 Å². The molecule has 1 N–H and O–H groups in total. The number of halogens is 1. The third kappa shape index (κ3) is 6.29. The lowest BCUT2D eigenvalue weighted by Gasteiger charge is -2.35. The van der Waals surface area contributed by atoms with Gasteiger partial charge in [0.15, 0.2) is 5.17 Å². The number of hydrogen-bond acceptors (Lipinski definition) is 7. The molecule has 0 spiro atoms. The fourth-order valence-corrected chi connectivity index (χ4v) is 6.20. The van der Waals surface area contributed by atoms with Crippen molar-refractivity contribution in [2.75, 3.05) is 45.8 Å². The van der Waals surface area contributed by atoms with Gasteiger partial charge in [-0.15, -0.1) is 0 Å². The Morgan fingerprint density at radius 2 is 1.80 bits per heavy atom. The average molecular weight is 589 g/mol. The summed E-state index contributed by atoms with van der Waals surface area (Å²) >= 11 is 7.65. The SMILES string of the molecule is O=C1NC(=Nc2cc(C(=O)N3CCN(CC(=O)N4CCCC4)CC3)ccc2Cl)S/C1=C\c1ccc2ncccc2c1. The monoisotopic (exact) mass is 588 g/mol. The van der Waals surface area contributed by atoms with E-state index in [1.165, 1.54) is 11.8 Å². The van der Waals surface area contributed by atoms with Crippen LogP contribution in [0.1, 0.15) is 28.8 Å². The van der Waals surface area contributed by atoms with E-state index in [0.717, 1.165) is 42.4 Å². The summed E-state index contributed by atoms with van der Waals surface area (Å²) in [5, 5.41) is 4.56. The second-order valence-corrected chi connectivity index (χ2v) is 11.7. The quantitative estimate of drug-likeness (QED) is 0.450. The summed E-state index contributed by atoms with van der Waals surface area (Å²) in [6.45, 7) is 4.50. The molecule has 6 rings (SSSR count). The number of carbonyl (C=O) groups excluding carboxylic acids is 3. The van der Waals surface area contributed by atoms with E-state index < -0.39 is 0 Å². The van der Waals surface area contributed by atoms with Crippen LogP contribution in [0.3, 0.4) is 0 Å². The molecule has 2 aromatic carbocycles. The second-order valence-electron chi connectivity index (χ2n) is 10.3. The number of amidine groups is 1. The van der Waals surface area contributed by atoms with Crippen LogP contribution in [0.4, 0.5) is 5.69 Å². The Bertz CT molecular complexity index is 1580. The molecule has 41 heavy (non-hydrogen) atoms. The Balaban J connectivity index is 1.11. The van der Waals surface area contributed by atoms with Gasteiger partial charge in [-0.2, -0.15) is 0 Å². The minimum absolute atomic E-state index is 0.108. The molecular weight excluding hydrogens is 560 g/mol. The number of nitrogens with zero attached hydrogens (tertiary/aromatic N) is 5. The third-order valence-electron chi connectivity index (χ3n) is 7.47. The molecule has 3 amide bonds. The van der Waals surface area contributed by atoms with Crippen molar-refractivity contribution in [2.45, 2.75) is 12.8 Å². The van der Waals surface area contributed by atoms with E-state index in [2.05, 4.69) is 20.2 Å². The Morgan fingerprint density at radius 3 is 2.61 bits per heavy atom. The number of amides is 3. The summed E-state index contributed by atoms with van der Waals surface area (Å²) in [6, 6.07) is 14.7. The van der Waals surface area contributed by atoms with Crippen LogP contribution in [-0.4, -0.2) is 88.4 Å². The molecule has 0 saturated carbocycles. The van der Waals surface area contributed by atoms with Crippen LogP contribution in [0, 0.1) is 0 Å². The van der Waals surface area contributed by atoms with Gasteiger partial charge in [-0.05, 0) is 72.6 Å². The zero-order valence-electron chi connectivity index (χ0n) is 22.4. The van der Waals surface area contributed by atoms with Crippen molar-refractivity contribution < 1.29 is 14.4 Å². The molecule has 3 aromatic rings. The molecular formula is C30H29ClN6O3S. The predicted molar refractivity (Wildman–Crippen MR) is 162 cm³/mol. The van der Waals surface area contributed by atoms with E-state index in [4.69, 9.17) is 11.6 Å². The lowest BCUT2D eigenvalue weighted by Crippen LogP contribution is -2.51. The number of fused-ring (bicyclic) bond motifs is 1. The van der Waals surface area contributed by atoms with Crippen LogP contribution in [0.25, 0.3) is 17.0 Å². The largest absolute Gasteiger partial charge is 0.342 e. The number of rotatable bonds is 5. The van der Waals surface area contributed by atoms with Gasteiger partial charge < -0.3 is 15.1 Å². The number of benzene rings is 2. The first-order chi connectivity index (χ1) is 19.9. The number of carbonyl (C=O) groups is 3. The van der Waals surface area contributed by atoms with E-state index >= 15 is 0 Å². The molecule has 0 aliphatic carbocycles. The minimum Gasteiger partial charge on any atom is -0.342 e. The van der Waals surface area contributed by atoms with Gasteiger partial charge in [0.1, 0.15) is 0 Å². The number of likely N-dealkylation sites (tertiary alicyclic amines) is 1. The van der Waals surface area contributed by atoms with Crippen LogP contribution >= 0.6 is 23.4 Å². The molecule has 3 aliphatic heterocycles. The molecule has 0 bridgehead atoms. The van der Waals surface area contributed by atoms with Gasteiger partial charge in [-0.3, -0.25) is 24.3 Å². The molecule has 0 radical (unpaired) electrons. The highest BCUT2D eigenvalue weighted by molar-refractivity contribution is 8.18. The molecule has 0 atom stereocenters. The minimum atomic E-state index is -0.246. The molecule has 1 aromatic heterocycles. The molecule has 11 heteroatoms. The van der Waals surface area contributed by atoms with Crippen LogP contribution < -0.4 is 5.32 Å². The van der Waals surface area contributed by atoms with Gasteiger partial charge >= 0.3 is 0 Å².